The van der Waals surface area contributed by atoms with Gasteiger partial charge in [0.1, 0.15) is 0 Å². The van der Waals surface area contributed by atoms with Crippen molar-refractivity contribution in [2.24, 2.45) is 17.2 Å². The molecule has 0 atom stereocenters. The maximum Gasteiger partial charge on any atom is 0.351 e. The predicted octanol–water partition coefficient (Wildman–Crippen LogP) is -4.23. The zero-order chi connectivity index (χ0) is 21.9. The maximum absolute atomic E-state index is 10.9. The van der Waals surface area contributed by atoms with Crippen LogP contribution in [0.2, 0.25) is 0 Å². The molecule has 13 heteroatoms. The molecule has 0 saturated heterocycles. The van der Waals surface area contributed by atoms with E-state index >= 15 is 0 Å². The van der Waals surface area contributed by atoms with Gasteiger partial charge in [-0.3, -0.25) is 45.8 Å². The van der Waals surface area contributed by atoms with Gasteiger partial charge in [0.05, 0.1) is 34.8 Å². The Morgan fingerprint density at radius 3 is 1.70 bits per heavy atom. The van der Waals surface area contributed by atoms with Crippen molar-refractivity contribution in [3.8, 4) is 0 Å². The highest BCUT2D eigenvalue weighted by atomic mass is 16.5. The Labute approximate surface area is 178 Å². The second-order valence-corrected chi connectivity index (χ2v) is 5.88. The van der Waals surface area contributed by atoms with Gasteiger partial charge in [-0.25, -0.2) is 15.4 Å². The maximum atomic E-state index is 10.9. The van der Waals surface area contributed by atoms with E-state index in [1.54, 1.807) is 48.8 Å². The Balaban J connectivity index is -0.000000361. The van der Waals surface area contributed by atoms with Crippen molar-refractivity contribution in [1.82, 2.24) is 16.0 Å². The third-order valence-electron chi connectivity index (χ3n) is 3.46. The fourth-order valence-electron chi connectivity index (χ4n) is 1.83. The first-order valence-electron chi connectivity index (χ1n) is 8.45. The summed E-state index contributed by atoms with van der Waals surface area (Å²) in [7, 11) is 6.92. The molecule has 0 aromatic rings. The molecule has 0 aliphatic carbocycles. The van der Waals surface area contributed by atoms with E-state index in [9.17, 15) is 14.4 Å². The molecule has 0 aromatic carbocycles. The van der Waals surface area contributed by atoms with E-state index in [-0.39, 0.29) is 39.2 Å². The van der Waals surface area contributed by atoms with Crippen LogP contribution in [-0.2, 0) is 19.1 Å². The molecule has 2 heterocycles. The van der Waals surface area contributed by atoms with Crippen molar-refractivity contribution in [3.63, 3.8) is 0 Å². The number of nitrogens with two attached hydrogens (primary N) is 3. The monoisotopic (exact) mass is 432 g/mol. The molecule has 2 aliphatic rings. The lowest BCUT2D eigenvalue weighted by Crippen LogP contribution is -2.39. The third kappa shape index (κ3) is 12.2. The molecule has 0 aromatic heterocycles. The Morgan fingerprint density at radius 1 is 1.10 bits per heavy atom. The van der Waals surface area contributed by atoms with Gasteiger partial charge in [-0.15, -0.1) is 0 Å². The molecular formula is C17H38N9O4+. The molecule has 0 bridgehead atoms. The molecule has 2 rings (SSSR count). The summed E-state index contributed by atoms with van der Waals surface area (Å²) in [6.45, 7) is 3.09. The SMILES string of the molecule is CCOC(=O)C[N+](C)=C(N)NC.C[N+]1=C(N)NC(=O)C1.C[N+]1=C(N)NC(=O)C1.[CH3-].[CH3-]. The summed E-state index contributed by atoms with van der Waals surface area (Å²) in [4.78, 5) is 31.7. The van der Waals surface area contributed by atoms with Gasteiger partial charge in [0.25, 0.3) is 0 Å². The standard InChI is InChI=1S/C7H15N3O2.2C4H7N3O.2CH3/c1-4-12-6(11)5-10(3)7(8)9-2;2*1-7-2-3(8)6-4(7)5;;/h4-5H2,1-3H3,(H2,8,9);2*2H2,1H3,(H2,5,6,8);2*1H3/q;;;2*-1/p+3. The topological polar surface area (TPSA) is 184 Å². The van der Waals surface area contributed by atoms with Crippen LogP contribution in [0.25, 0.3) is 0 Å². The lowest BCUT2D eigenvalue weighted by molar-refractivity contribution is -0.490. The highest BCUT2D eigenvalue weighted by molar-refractivity contribution is 5.98. The number of likely N-dealkylation sites (N-methyl/N-ethyl adjacent to an activating group) is 3. The van der Waals surface area contributed by atoms with E-state index in [0.717, 1.165) is 0 Å². The molecule has 174 valence electrons. The van der Waals surface area contributed by atoms with Crippen molar-refractivity contribution in [1.29, 1.82) is 0 Å². The van der Waals surface area contributed by atoms with Crippen LogP contribution in [-0.4, -0.2) is 104 Å². The molecule has 13 nitrogen and oxygen atoms in total. The van der Waals surface area contributed by atoms with Crippen molar-refractivity contribution in [3.05, 3.63) is 14.9 Å². The average Bonchev–Trinajstić information content (AvgIpc) is 3.06. The van der Waals surface area contributed by atoms with Crippen LogP contribution in [0.5, 0.6) is 0 Å². The molecule has 2 amide bonds. The fourth-order valence-corrected chi connectivity index (χ4v) is 1.83. The van der Waals surface area contributed by atoms with Gasteiger partial charge >= 0.3 is 35.7 Å². The van der Waals surface area contributed by atoms with E-state index in [2.05, 4.69) is 16.0 Å². The number of guanidine groups is 3. The highest BCUT2D eigenvalue weighted by Crippen LogP contribution is 1.79. The summed E-state index contributed by atoms with van der Waals surface area (Å²) >= 11 is 0. The second-order valence-electron chi connectivity index (χ2n) is 5.88. The number of hydrogen-bond acceptors (Lipinski definition) is 6. The molecule has 0 spiro atoms. The van der Waals surface area contributed by atoms with Gasteiger partial charge in [0.15, 0.2) is 19.6 Å². The largest absolute Gasteiger partial charge is 0.464 e. The third-order valence-corrected chi connectivity index (χ3v) is 3.46. The van der Waals surface area contributed by atoms with Crippen molar-refractivity contribution < 1.29 is 32.8 Å². The summed E-state index contributed by atoms with van der Waals surface area (Å²) in [6, 6.07) is 0. The van der Waals surface area contributed by atoms with Crippen molar-refractivity contribution >= 4 is 35.7 Å². The van der Waals surface area contributed by atoms with Crippen LogP contribution < -0.4 is 33.2 Å². The minimum absolute atomic E-state index is 0. The number of nitrogens with zero attached hydrogens (tertiary/aromatic N) is 3. The lowest BCUT2D eigenvalue weighted by Gasteiger charge is -2.03. The van der Waals surface area contributed by atoms with Gasteiger partial charge in [0, 0.05) is 0 Å². The van der Waals surface area contributed by atoms with Crippen LogP contribution in [0.15, 0.2) is 0 Å². The minimum Gasteiger partial charge on any atom is -0.464 e. The first-order chi connectivity index (χ1) is 13.0. The van der Waals surface area contributed by atoms with Crippen LogP contribution in [0, 0.1) is 14.9 Å². The number of esters is 1. The minimum atomic E-state index is -0.279. The molecule has 0 radical (unpaired) electrons. The molecule has 0 unspecified atom stereocenters. The van der Waals surface area contributed by atoms with Gasteiger partial charge < -0.3 is 19.6 Å². The summed E-state index contributed by atoms with van der Waals surface area (Å²) in [5, 5.41) is 7.62. The number of nitrogens with one attached hydrogen (secondary N) is 3. The molecule has 30 heavy (non-hydrogen) atoms. The van der Waals surface area contributed by atoms with Crippen molar-refractivity contribution in [2.45, 2.75) is 6.92 Å². The predicted molar refractivity (Wildman–Crippen MR) is 116 cm³/mol. The van der Waals surface area contributed by atoms with E-state index in [0.29, 0.717) is 37.6 Å². The normalized spacial score (nSPS) is 15.1. The summed E-state index contributed by atoms with van der Waals surface area (Å²) in [5.74, 6) is 0.973. The number of rotatable bonds is 3. The highest BCUT2D eigenvalue weighted by Gasteiger charge is 2.21. The number of carbonyl (C=O) groups is 3. The van der Waals surface area contributed by atoms with E-state index in [4.69, 9.17) is 21.9 Å². The zero-order valence-corrected chi connectivity index (χ0v) is 19.0. The molecule has 2 aliphatic heterocycles. The van der Waals surface area contributed by atoms with Gasteiger partial charge in [-0.05, 0) is 6.92 Å². The summed E-state index contributed by atoms with van der Waals surface area (Å²) in [6.07, 6.45) is 0. The number of ether oxygens (including phenoxy) is 1. The Morgan fingerprint density at radius 2 is 1.50 bits per heavy atom. The van der Waals surface area contributed by atoms with E-state index in [1.165, 1.54) is 0 Å². The van der Waals surface area contributed by atoms with E-state index in [1.807, 2.05) is 0 Å². The Hall–Kier alpha value is -3.38. The average molecular weight is 433 g/mol. The molecular weight excluding hydrogens is 394 g/mol. The smallest absolute Gasteiger partial charge is 0.351 e. The first kappa shape index (κ1) is 31.3. The van der Waals surface area contributed by atoms with Crippen LogP contribution in [0.3, 0.4) is 0 Å². The van der Waals surface area contributed by atoms with E-state index < -0.39 is 0 Å². The quantitative estimate of drug-likeness (QED) is 0.0852. The fraction of sp³-hybridized carbons (Fsp3) is 0.529. The van der Waals surface area contributed by atoms with Crippen LogP contribution >= 0.6 is 0 Å². The number of hydrogen-bond donors (Lipinski definition) is 6. The van der Waals surface area contributed by atoms with Crippen LogP contribution in [0.4, 0.5) is 0 Å². The van der Waals surface area contributed by atoms with Gasteiger partial charge in [-0.2, -0.15) is 0 Å². The molecule has 0 saturated carbocycles. The van der Waals surface area contributed by atoms with Crippen LogP contribution in [0.1, 0.15) is 6.92 Å². The first-order valence-corrected chi connectivity index (χ1v) is 8.45. The Bertz CT molecular complexity index is 629. The van der Waals surface area contributed by atoms with Gasteiger partial charge in [-0.1, -0.05) is 0 Å². The summed E-state index contributed by atoms with van der Waals surface area (Å²) < 4.78 is 9.62. The molecule has 0 fully saturated rings. The summed E-state index contributed by atoms with van der Waals surface area (Å²) in [5.41, 5.74) is 16.0. The number of carbonyl (C=O) groups excluding carboxylic acids is 3. The second kappa shape index (κ2) is 15.5. The molecule has 9 N–H and O–H groups in total. The van der Waals surface area contributed by atoms with Crippen molar-refractivity contribution in [2.75, 3.05) is 54.4 Å². The van der Waals surface area contributed by atoms with Gasteiger partial charge in [0.2, 0.25) is 0 Å². The lowest BCUT2D eigenvalue weighted by atomic mass is 10.6. The Kier molecular flexibility index (Phi) is 16.2. The number of amides is 2. The zero-order valence-electron chi connectivity index (χ0n) is 19.0.